The van der Waals surface area contributed by atoms with E-state index in [0.717, 1.165) is 22.8 Å². The fourth-order valence-corrected chi connectivity index (χ4v) is 2.01. The van der Waals surface area contributed by atoms with Crippen LogP contribution >= 0.6 is 0 Å². The van der Waals surface area contributed by atoms with Gasteiger partial charge in [0.15, 0.2) is 0 Å². The highest BCUT2D eigenvalue weighted by Crippen LogP contribution is 2.26. The van der Waals surface area contributed by atoms with Crippen molar-refractivity contribution < 1.29 is 9.47 Å². The van der Waals surface area contributed by atoms with Crippen molar-refractivity contribution >= 4 is 0 Å². The van der Waals surface area contributed by atoms with E-state index in [1.165, 1.54) is 0 Å². The van der Waals surface area contributed by atoms with E-state index in [1.807, 2.05) is 29.7 Å². The molecule has 2 rings (SSSR count). The predicted molar refractivity (Wildman–Crippen MR) is 73.5 cm³/mol. The van der Waals surface area contributed by atoms with Crippen molar-refractivity contribution in [2.24, 2.45) is 5.73 Å². The van der Waals surface area contributed by atoms with Crippen LogP contribution in [0.15, 0.2) is 30.7 Å². The van der Waals surface area contributed by atoms with Crippen LogP contribution in [0.4, 0.5) is 0 Å². The van der Waals surface area contributed by atoms with Gasteiger partial charge in [-0.25, -0.2) is 4.98 Å². The third-order valence-corrected chi connectivity index (χ3v) is 3.05. The molecule has 0 aliphatic rings. The molecule has 102 valence electrons. The number of aromatic nitrogens is 2. The first-order valence-electron chi connectivity index (χ1n) is 6.12. The molecule has 1 heterocycles. The summed E-state index contributed by atoms with van der Waals surface area (Å²) in [5.74, 6) is 1.57. The summed E-state index contributed by atoms with van der Waals surface area (Å²) in [6, 6.07) is 5.73. The highest BCUT2D eigenvalue weighted by atomic mass is 16.5. The molecule has 0 unspecified atom stereocenters. The number of hydrogen-bond acceptors (Lipinski definition) is 4. The van der Waals surface area contributed by atoms with Crippen molar-refractivity contribution in [3.63, 3.8) is 0 Å². The Morgan fingerprint density at radius 2 is 2.11 bits per heavy atom. The van der Waals surface area contributed by atoms with Gasteiger partial charge in [-0.05, 0) is 19.1 Å². The van der Waals surface area contributed by atoms with Gasteiger partial charge in [0.25, 0.3) is 0 Å². The molecule has 0 spiro atoms. The molecule has 1 atom stereocenters. The second kappa shape index (κ2) is 5.75. The van der Waals surface area contributed by atoms with E-state index in [2.05, 4.69) is 4.98 Å². The highest BCUT2D eigenvalue weighted by Gasteiger charge is 2.10. The number of rotatable bonds is 5. The minimum atomic E-state index is -0.0493. The smallest absolute Gasteiger partial charge is 0.127 e. The first kappa shape index (κ1) is 13.4. The summed E-state index contributed by atoms with van der Waals surface area (Å²) in [6.45, 7) is 2.61. The molecule has 0 fully saturated rings. The molecule has 0 saturated carbocycles. The summed E-state index contributed by atoms with van der Waals surface area (Å²) in [7, 11) is 3.29. The van der Waals surface area contributed by atoms with Gasteiger partial charge < -0.3 is 19.8 Å². The first-order chi connectivity index (χ1) is 9.15. The SMILES string of the molecule is COc1ccc(Cn2cncc2[C@@H](C)N)c(OC)c1. The average molecular weight is 261 g/mol. The van der Waals surface area contributed by atoms with E-state index in [1.54, 1.807) is 26.7 Å². The number of nitrogens with zero attached hydrogens (tertiary/aromatic N) is 2. The predicted octanol–water partition coefficient (Wildman–Crippen LogP) is 1.97. The minimum absolute atomic E-state index is 0.0493. The van der Waals surface area contributed by atoms with Crippen LogP contribution in [0.3, 0.4) is 0 Å². The van der Waals surface area contributed by atoms with Crippen molar-refractivity contribution in [1.29, 1.82) is 0 Å². The van der Waals surface area contributed by atoms with Crippen LogP contribution in [0.2, 0.25) is 0 Å². The second-order valence-electron chi connectivity index (χ2n) is 4.41. The molecule has 5 nitrogen and oxygen atoms in total. The lowest BCUT2D eigenvalue weighted by Crippen LogP contribution is -2.12. The van der Waals surface area contributed by atoms with E-state index in [4.69, 9.17) is 15.2 Å². The van der Waals surface area contributed by atoms with Crippen LogP contribution < -0.4 is 15.2 Å². The van der Waals surface area contributed by atoms with Gasteiger partial charge in [0, 0.05) is 23.9 Å². The van der Waals surface area contributed by atoms with E-state index in [-0.39, 0.29) is 6.04 Å². The molecule has 2 N–H and O–H groups in total. The van der Waals surface area contributed by atoms with Crippen molar-refractivity contribution in [3.05, 3.63) is 42.0 Å². The van der Waals surface area contributed by atoms with Gasteiger partial charge in [0.2, 0.25) is 0 Å². The van der Waals surface area contributed by atoms with E-state index < -0.39 is 0 Å². The van der Waals surface area contributed by atoms with Gasteiger partial charge in [0.05, 0.1) is 32.8 Å². The Bertz CT molecular complexity index is 549. The number of methoxy groups -OCH3 is 2. The molecule has 0 bridgehead atoms. The van der Waals surface area contributed by atoms with E-state index >= 15 is 0 Å². The molecule has 0 aliphatic heterocycles. The number of imidazole rings is 1. The van der Waals surface area contributed by atoms with Crippen LogP contribution in [-0.4, -0.2) is 23.8 Å². The van der Waals surface area contributed by atoms with Crippen LogP contribution in [0.5, 0.6) is 11.5 Å². The Labute approximate surface area is 113 Å². The number of nitrogens with two attached hydrogens (primary N) is 1. The van der Waals surface area contributed by atoms with Crippen LogP contribution in [0.1, 0.15) is 24.2 Å². The monoisotopic (exact) mass is 261 g/mol. The van der Waals surface area contributed by atoms with E-state index in [0.29, 0.717) is 6.54 Å². The molecular formula is C14H19N3O2. The Balaban J connectivity index is 2.30. The van der Waals surface area contributed by atoms with E-state index in [9.17, 15) is 0 Å². The lowest BCUT2D eigenvalue weighted by atomic mass is 10.1. The van der Waals surface area contributed by atoms with Gasteiger partial charge in [-0.3, -0.25) is 0 Å². The summed E-state index contributed by atoms with van der Waals surface area (Å²) in [6.07, 6.45) is 3.57. The maximum Gasteiger partial charge on any atom is 0.127 e. The fourth-order valence-electron chi connectivity index (χ4n) is 2.01. The number of benzene rings is 1. The van der Waals surface area contributed by atoms with Gasteiger partial charge in [-0.15, -0.1) is 0 Å². The molecular weight excluding hydrogens is 242 g/mol. The topological polar surface area (TPSA) is 62.3 Å². The molecule has 0 amide bonds. The fraction of sp³-hybridized carbons (Fsp3) is 0.357. The Morgan fingerprint density at radius 1 is 1.32 bits per heavy atom. The van der Waals surface area contributed by atoms with Crippen LogP contribution in [0.25, 0.3) is 0 Å². The Hall–Kier alpha value is -2.01. The molecule has 0 radical (unpaired) electrons. The van der Waals surface area contributed by atoms with Crippen molar-refractivity contribution in [3.8, 4) is 11.5 Å². The molecule has 1 aromatic heterocycles. The lowest BCUT2D eigenvalue weighted by molar-refractivity contribution is 0.390. The molecule has 5 heteroatoms. The van der Waals surface area contributed by atoms with Gasteiger partial charge in [0.1, 0.15) is 11.5 Å². The zero-order valence-corrected chi connectivity index (χ0v) is 11.5. The largest absolute Gasteiger partial charge is 0.497 e. The molecule has 19 heavy (non-hydrogen) atoms. The summed E-state index contributed by atoms with van der Waals surface area (Å²) >= 11 is 0. The average Bonchev–Trinajstić information content (AvgIpc) is 2.87. The van der Waals surface area contributed by atoms with Crippen molar-refractivity contribution in [1.82, 2.24) is 9.55 Å². The highest BCUT2D eigenvalue weighted by molar-refractivity contribution is 5.41. The third-order valence-electron chi connectivity index (χ3n) is 3.05. The second-order valence-corrected chi connectivity index (χ2v) is 4.41. The van der Waals surface area contributed by atoms with Crippen molar-refractivity contribution in [2.75, 3.05) is 14.2 Å². The van der Waals surface area contributed by atoms with Gasteiger partial charge >= 0.3 is 0 Å². The number of hydrogen-bond donors (Lipinski definition) is 1. The molecule has 0 saturated heterocycles. The standard InChI is InChI=1S/C14H19N3O2/c1-10(15)13-7-16-9-17(13)8-11-4-5-12(18-2)6-14(11)19-3/h4-7,9-10H,8,15H2,1-3H3/t10-/m1/s1. The number of ether oxygens (including phenoxy) is 2. The van der Waals surface area contributed by atoms with Gasteiger partial charge in [-0.1, -0.05) is 0 Å². The molecule has 0 aliphatic carbocycles. The normalized spacial score (nSPS) is 12.2. The minimum Gasteiger partial charge on any atom is -0.497 e. The Morgan fingerprint density at radius 3 is 2.74 bits per heavy atom. The summed E-state index contributed by atoms with van der Waals surface area (Å²) in [5, 5.41) is 0. The zero-order valence-electron chi connectivity index (χ0n) is 11.5. The zero-order chi connectivity index (χ0) is 13.8. The maximum absolute atomic E-state index is 5.92. The molecule has 1 aromatic carbocycles. The van der Waals surface area contributed by atoms with Crippen LogP contribution in [-0.2, 0) is 6.54 Å². The van der Waals surface area contributed by atoms with Crippen LogP contribution in [0, 0.1) is 0 Å². The summed E-state index contributed by atoms with van der Waals surface area (Å²) in [4.78, 5) is 4.15. The van der Waals surface area contributed by atoms with Crippen molar-refractivity contribution in [2.45, 2.75) is 19.5 Å². The first-order valence-corrected chi connectivity index (χ1v) is 6.12. The molecule has 2 aromatic rings. The third kappa shape index (κ3) is 2.88. The lowest BCUT2D eigenvalue weighted by Gasteiger charge is -2.14. The summed E-state index contributed by atoms with van der Waals surface area (Å²) in [5.41, 5.74) is 7.97. The maximum atomic E-state index is 5.92. The summed E-state index contributed by atoms with van der Waals surface area (Å²) < 4.78 is 12.6. The quantitative estimate of drug-likeness (QED) is 0.893. The van der Waals surface area contributed by atoms with Gasteiger partial charge in [-0.2, -0.15) is 0 Å². The Kier molecular flexibility index (Phi) is 4.06.